The van der Waals surface area contributed by atoms with Crippen LogP contribution in [-0.2, 0) is 0 Å². The Morgan fingerprint density at radius 3 is 2.94 bits per heavy atom. The van der Waals surface area contributed by atoms with Crippen molar-refractivity contribution in [1.29, 1.82) is 0 Å². The lowest BCUT2D eigenvalue weighted by molar-refractivity contribution is 0.530. The van der Waals surface area contributed by atoms with E-state index in [1.807, 2.05) is 23.5 Å². The molecule has 1 N–H and O–H groups in total. The van der Waals surface area contributed by atoms with Gasteiger partial charge in [0.2, 0.25) is 0 Å². The Kier molecular flexibility index (Phi) is 6.66. The van der Waals surface area contributed by atoms with Gasteiger partial charge in [0.05, 0.1) is 6.04 Å². The molecule has 0 aromatic heterocycles. The summed E-state index contributed by atoms with van der Waals surface area (Å²) in [6, 6.07) is 1.02. The number of hydrogen-bond donors (Lipinski definition) is 1. The van der Waals surface area contributed by atoms with Gasteiger partial charge in [-0.2, -0.15) is 11.8 Å². The van der Waals surface area contributed by atoms with Crippen LogP contribution in [0.25, 0.3) is 0 Å². The largest absolute Gasteiger partial charge is 0.362 e. The van der Waals surface area contributed by atoms with E-state index in [1.165, 1.54) is 23.7 Å². The van der Waals surface area contributed by atoms with Crippen LogP contribution in [0.4, 0.5) is 0 Å². The molecule has 4 heteroatoms. The van der Waals surface area contributed by atoms with Crippen LogP contribution in [0.15, 0.2) is 4.99 Å². The van der Waals surface area contributed by atoms with Gasteiger partial charge in [-0.05, 0) is 37.7 Å². The van der Waals surface area contributed by atoms with Gasteiger partial charge in [0.25, 0.3) is 0 Å². The maximum Gasteiger partial charge on any atom is 0.157 e. The van der Waals surface area contributed by atoms with Gasteiger partial charge in [-0.25, -0.2) is 0 Å². The molecular weight excluding hydrogens is 236 g/mol. The Balaban J connectivity index is 2.28. The molecule has 0 saturated carbocycles. The lowest BCUT2D eigenvalue weighted by atomic mass is 10.1. The standard InChI is InChI=1S/C12H24N2S2/c1-5-15-7-6-10(3)13-12-14-11(4)9(2)8-16-12/h9-11H,5-8H2,1-4H3,(H,13,14). The molecule has 0 amide bonds. The van der Waals surface area contributed by atoms with Gasteiger partial charge in [0.15, 0.2) is 5.17 Å². The summed E-state index contributed by atoms with van der Waals surface area (Å²) in [5.41, 5.74) is 0. The fraction of sp³-hybridized carbons (Fsp3) is 0.917. The summed E-state index contributed by atoms with van der Waals surface area (Å²) in [5, 5.41) is 4.68. The summed E-state index contributed by atoms with van der Waals surface area (Å²) in [5.74, 6) is 4.37. The van der Waals surface area contributed by atoms with Crippen LogP contribution in [-0.4, -0.2) is 34.5 Å². The van der Waals surface area contributed by atoms with E-state index in [9.17, 15) is 0 Å². The van der Waals surface area contributed by atoms with Crippen molar-refractivity contribution in [3.05, 3.63) is 0 Å². The smallest absolute Gasteiger partial charge is 0.157 e. The van der Waals surface area contributed by atoms with Crippen LogP contribution in [0.1, 0.15) is 34.1 Å². The molecule has 3 atom stereocenters. The summed E-state index contributed by atoms with van der Waals surface area (Å²) >= 11 is 3.89. The van der Waals surface area contributed by atoms with E-state index in [1.54, 1.807) is 0 Å². The van der Waals surface area contributed by atoms with Gasteiger partial charge in [-0.1, -0.05) is 25.6 Å². The molecular formula is C12H24N2S2. The van der Waals surface area contributed by atoms with Crippen LogP contribution in [0.2, 0.25) is 0 Å². The quantitative estimate of drug-likeness (QED) is 0.768. The lowest BCUT2D eigenvalue weighted by Crippen LogP contribution is -2.35. The van der Waals surface area contributed by atoms with Crippen LogP contribution in [0, 0.1) is 5.92 Å². The molecule has 0 aromatic rings. The second kappa shape index (κ2) is 7.49. The molecule has 1 heterocycles. The fourth-order valence-electron chi connectivity index (χ4n) is 1.47. The first-order chi connectivity index (χ1) is 7.63. The van der Waals surface area contributed by atoms with Crippen LogP contribution in [0.5, 0.6) is 0 Å². The minimum atomic E-state index is 0.473. The molecule has 16 heavy (non-hydrogen) atoms. The number of aliphatic imine (C=N–C) groups is 1. The highest BCUT2D eigenvalue weighted by atomic mass is 32.2. The van der Waals surface area contributed by atoms with E-state index in [2.05, 4.69) is 33.0 Å². The van der Waals surface area contributed by atoms with Crippen molar-refractivity contribution in [3.8, 4) is 0 Å². The van der Waals surface area contributed by atoms with Crippen LogP contribution < -0.4 is 5.32 Å². The normalized spacial score (nSPS) is 27.4. The van der Waals surface area contributed by atoms with Gasteiger partial charge >= 0.3 is 0 Å². The first-order valence-corrected chi connectivity index (χ1v) is 8.32. The molecule has 0 radical (unpaired) electrons. The van der Waals surface area contributed by atoms with Crippen molar-refractivity contribution in [2.75, 3.05) is 17.3 Å². The van der Waals surface area contributed by atoms with Gasteiger partial charge in [-0.3, -0.25) is 4.99 Å². The summed E-state index contributed by atoms with van der Waals surface area (Å²) in [4.78, 5) is 4.69. The number of hydrogen-bond acceptors (Lipinski definition) is 4. The van der Waals surface area contributed by atoms with E-state index in [4.69, 9.17) is 4.99 Å². The van der Waals surface area contributed by atoms with Crippen molar-refractivity contribution in [1.82, 2.24) is 5.32 Å². The van der Waals surface area contributed by atoms with Gasteiger partial charge in [0.1, 0.15) is 0 Å². The van der Waals surface area contributed by atoms with Gasteiger partial charge < -0.3 is 5.32 Å². The average molecular weight is 260 g/mol. The maximum absolute atomic E-state index is 4.69. The number of nitrogens with one attached hydrogen (secondary N) is 1. The highest BCUT2D eigenvalue weighted by Crippen LogP contribution is 2.21. The first-order valence-electron chi connectivity index (χ1n) is 6.18. The Bertz CT molecular complexity index is 231. The molecule has 94 valence electrons. The highest BCUT2D eigenvalue weighted by molar-refractivity contribution is 8.13. The fourth-order valence-corrected chi connectivity index (χ4v) is 3.50. The lowest BCUT2D eigenvalue weighted by Gasteiger charge is -2.25. The molecule has 2 nitrogen and oxygen atoms in total. The number of nitrogens with zero attached hydrogens (tertiary/aromatic N) is 1. The number of amidine groups is 1. The molecule has 0 bridgehead atoms. The highest BCUT2D eigenvalue weighted by Gasteiger charge is 2.19. The minimum absolute atomic E-state index is 0.473. The third kappa shape index (κ3) is 5.00. The Morgan fingerprint density at radius 2 is 2.31 bits per heavy atom. The molecule has 0 spiro atoms. The zero-order valence-corrected chi connectivity index (χ0v) is 12.5. The van der Waals surface area contributed by atoms with Crippen molar-refractivity contribution in [2.24, 2.45) is 10.9 Å². The second-order valence-corrected chi connectivity index (χ2v) is 6.90. The molecule has 3 unspecified atom stereocenters. The molecule has 0 saturated heterocycles. The van der Waals surface area contributed by atoms with E-state index in [0.29, 0.717) is 18.0 Å². The third-order valence-electron chi connectivity index (χ3n) is 2.90. The Hall–Kier alpha value is 0.170. The van der Waals surface area contributed by atoms with Gasteiger partial charge in [0, 0.05) is 11.8 Å². The molecule has 0 aliphatic carbocycles. The van der Waals surface area contributed by atoms with E-state index >= 15 is 0 Å². The summed E-state index contributed by atoms with van der Waals surface area (Å²) in [7, 11) is 0. The SMILES string of the molecule is CCSCCC(C)NC1=NC(C)C(C)CS1. The molecule has 1 aliphatic rings. The Morgan fingerprint density at radius 1 is 1.56 bits per heavy atom. The van der Waals surface area contributed by atoms with E-state index in [-0.39, 0.29) is 0 Å². The van der Waals surface area contributed by atoms with Crippen LogP contribution >= 0.6 is 23.5 Å². The molecule has 0 aromatic carbocycles. The van der Waals surface area contributed by atoms with Gasteiger partial charge in [-0.15, -0.1) is 0 Å². The average Bonchev–Trinajstić information content (AvgIpc) is 2.24. The molecule has 0 fully saturated rings. The predicted octanol–water partition coefficient (Wildman–Crippen LogP) is 3.24. The zero-order chi connectivity index (χ0) is 12.0. The predicted molar refractivity (Wildman–Crippen MR) is 78.7 cm³/mol. The van der Waals surface area contributed by atoms with Crippen molar-refractivity contribution in [2.45, 2.75) is 46.2 Å². The third-order valence-corrected chi connectivity index (χ3v) is 5.02. The molecule has 1 rings (SSSR count). The number of thioether (sulfide) groups is 2. The molecule has 1 aliphatic heterocycles. The summed E-state index contributed by atoms with van der Waals surface area (Å²) in [6.07, 6.45) is 1.22. The van der Waals surface area contributed by atoms with Crippen molar-refractivity contribution in [3.63, 3.8) is 0 Å². The Labute approximate surface area is 108 Å². The topological polar surface area (TPSA) is 24.4 Å². The summed E-state index contributed by atoms with van der Waals surface area (Å²) < 4.78 is 0. The van der Waals surface area contributed by atoms with E-state index in [0.717, 1.165) is 5.17 Å². The number of rotatable bonds is 5. The monoisotopic (exact) mass is 260 g/mol. The minimum Gasteiger partial charge on any atom is -0.362 e. The summed E-state index contributed by atoms with van der Waals surface area (Å²) in [6.45, 7) is 8.96. The van der Waals surface area contributed by atoms with Crippen molar-refractivity contribution >= 4 is 28.7 Å². The second-order valence-electron chi connectivity index (χ2n) is 4.49. The maximum atomic E-state index is 4.69. The van der Waals surface area contributed by atoms with E-state index < -0.39 is 0 Å². The van der Waals surface area contributed by atoms with Crippen molar-refractivity contribution < 1.29 is 0 Å². The first kappa shape index (κ1) is 14.2. The van der Waals surface area contributed by atoms with Crippen LogP contribution in [0.3, 0.4) is 0 Å². The zero-order valence-electron chi connectivity index (χ0n) is 10.8.